The molecule has 3 aliphatic rings. The summed E-state index contributed by atoms with van der Waals surface area (Å²) in [6, 6.07) is 10.9. The van der Waals surface area contributed by atoms with Crippen LogP contribution in [-0.4, -0.2) is 30.4 Å². The number of nitrogens with one attached hydrogen (secondary N) is 1. The number of carbonyl (C=O) groups excluding carboxylic acids is 1. The van der Waals surface area contributed by atoms with Crippen LogP contribution in [0.25, 0.3) is 0 Å². The van der Waals surface area contributed by atoms with Gasteiger partial charge in [0.25, 0.3) is 0 Å². The fourth-order valence-electron chi connectivity index (χ4n) is 5.02. The van der Waals surface area contributed by atoms with Gasteiger partial charge in [0.1, 0.15) is 0 Å². The van der Waals surface area contributed by atoms with E-state index in [-0.39, 0.29) is 18.4 Å². The van der Waals surface area contributed by atoms with Gasteiger partial charge in [-0.2, -0.15) is 0 Å². The van der Waals surface area contributed by atoms with Crippen molar-refractivity contribution in [3.63, 3.8) is 0 Å². The Morgan fingerprint density at radius 1 is 1.12 bits per heavy atom. The summed E-state index contributed by atoms with van der Waals surface area (Å²) >= 11 is 0. The highest BCUT2D eigenvalue weighted by molar-refractivity contribution is 5.85. The lowest BCUT2D eigenvalue weighted by Crippen LogP contribution is -2.34. The number of rotatable bonds is 4. The highest BCUT2D eigenvalue weighted by Gasteiger charge is 2.46. The van der Waals surface area contributed by atoms with E-state index in [9.17, 15) is 4.79 Å². The third-order valence-electron chi connectivity index (χ3n) is 6.27. The molecule has 0 radical (unpaired) electrons. The van der Waals surface area contributed by atoms with Crippen molar-refractivity contribution >= 4 is 18.3 Å². The molecule has 2 heterocycles. The second-order valence-electron chi connectivity index (χ2n) is 7.67. The monoisotopic (exact) mass is 348 g/mol. The lowest BCUT2D eigenvalue weighted by Gasteiger charge is -2.29. The summed E-state index contributed by atoms with van der Waals surface area (Å²) in [6.45, 7) is 3.07. The summed E-state index contributed by atoms with van der Waals surface area (Å²) in [5.41, 5.74) is 1.32. The summed E-state index contributed by atoms with van der Waals surface area (Å²) in [7, 11) is 0. The van der Waals surface area contributed by atoms with Crippen molar-refractivity contribution in [1.29, 1.82) is 0 Å². The number of hydrogen-bond acceptors (Lipinski definition) is 2. The van der Waals surface area contributed by atoms with Crippen molar-refractivity contribution in [1.82, 2.24) is 10.2 Å². The predicted molar refractivity (Wildman–Crippen MR) is 99.2 cm³/mol. The Balaban J connectivity index is 0.00000169. The molecule has 1 saturated carbocycles. The van der Waals surface area contributed by atoms with Crippen LogP contribution in [0.1, 0.15) is 50.1 Å². The Labute approximate surface area is 151 Å². The average molecular weight is 349 g/mol. The molecule has 0 spiro atoms. The zero-order valence-corrected chi connectivity index (χ0v) is 15.1. The fourth-order valence-corrected chi connectivity index (χ4v) is 5.02. The van der Waals surface area contributed by atoms with Crippen LogP contribution < -0.4 is 5.32 Å². The van der Waals surface area contributed by atoms with E-state index in [1.165, 1.54) is 31.2 Å². The SMILES string of the molecule is Cl.O=C(CCC1CCCC1)N1C[C@@H]2CNC[C@@H]2[C@H]1c1ccccc1. The summed E-state index contributed by atoms with van der Waals surface area (Å²) in [5.74, 6) is 2.42. The van der Waals surface area contributed by atoms with E-state index in [1.807, 2.05) is 0 Å². The van der Waals surface area contributed by atoms with Gasteiger partial charge in [-0.05, 0) is 23.8 Å². The van der Waals surface area contributed by atoms with Crippen LogP contribution in [0.15, 0.2) is 30.3 Å². The summed E-state index contributed by atoms with van der Waals surface area (Å²) in [6.07, 6.45) is 7.26. The van der Waals surface area contributed by atoms with Crippen LogP contribution in [0, 0.1) is 17.8 Å². The molecule has 1 aromatic carbocycles. The normalized spacial score (nSPS) is 29.5. The van der Waals surface area contributed by atoms with Crippen LogP contribution in [0.4, 0.5) is 0 Å². The molecule has 1 N–H and O–H groups in total. The number of halogens is 1. The van der Waals surface area contributed by atoms with Gasteiger partial charge in [0.05, 0.1) is 6.04 Å². The van der Waals surface area contributed by atoms with E-state index in [1.54, 1.807) is 0 Å². The van der Waals surface area contributed by atoms with Crippen molar-refractivity contribution in [2.75, 3.05) is 19.6 Å². The topological polar surface area (TPSA) is 32.3 Å². The van der Waals surface area contributed by atoms with Gasteiger partial charge >= 0.3 is 0 Å². The van der Waals surface area contributed by atoms with Crippen molar-refractivity contribution in [3.8, 4) is 0 Å². The standard InChI is InChI=1S/C20H28N2O.ClH/c23-19(11-10-15-6-4-5-7-15)22-14-17-12-21-13-18(17)20(22)16-8-2-1-3-9-16;/h1-3,8-9,15,17-18,20-21H,4-7,10-14H2;1H/t17-,18-,20+;/m0./s1. The van der Waals surface area contributed by atoms with E-state index in [4.69, 9.17) is 0 Å². The van der Waals surface area contributed by atoms with Gasteiger partial charge in [0.2, 0.25) is 5.91 Å². The maximum atomic E-state index is 12.9. The Kier molecular flexibility index (Phi) is 5.83. The first-order valence-corrected chi connectivity index (χ1v) is 9.38. The first kappa shape index (κ1) is 17.8. The average Bonchev–Trinajstić information content (AvgIpc) is 3.29. The molecular formula is C20H29ClN2O. The van der Waals surface area contributed by atoms with Gasteiger partial charge in [-0.25, -0.2) is 0 Å². The first-order valence-electron chi connectivity index (χ1n) is 9.38. The molecule has 2 aliphatic heterocycles. The Bertz CT molecular complexity index is 544. The number of likely N-dealkylation sites (tertiary alicyclic amines) is 1. The maximum Gasteiger partial charge on any atom is 0.223 e. The van der Waals surface area contributed by atoms with Gasteiger partial charge in [0, 0.05) is 32.0 Å². The Morgan fingerprint density at radius 3 is 2.62 bits per heavy atom. The zero-order chi connectivity index (χ0) is 15.6. The van der Waals surface area contributed by atoms with Crippen LogP contribution in [0.5, 0.6) is 0 Å². The third-order valence-corrected chi connectivity index (χ3v) is 6.27. The second-order valence-corrected chi connectivity index (χ2v) is 7.67. The second kappa shape index (κ2) is 7.88. The number of nitrogens with zero attached hydrogens (tertiary/aromatic N) is 1. The van der Waals surface area contributed by atoms with E-state index < -0.39 is 0 Å². The van der Waals surface area contributed by atoms with Gasteiger partial charge in [-0.1, -0.05) is 56.0 Å². The van der Waals surface area contributed by atoms with Gasteiger partial charge in [0.15, 0.2) is 0 Å². The van der Waals surface area contributed by atoms with E-state index >= 15 is 0 Å². The molecule has 1 aliphatic carbocycles. The van der Waals surface area contributed by atoms with E-state index in [0.29, 0.717) is 17.7 Å². The van der Waals surface area contributed by atoms with Gasteiger partial charge in [-0.3, -0.25) is 4.79 Å². The molecule has 1 aromatic rings. The molecule has 0 bridgehead atoms. The zero-order valence-electron chi connectivity index (χ0n) is 14.3. The van der Waals surface area contributed by atoms with E-state index in [2.05, 4.69) is 40.5 Å². The fraction of sp³-hybridized carbons (Fsp3) is 0.650. The summed E-state index contributed by atoms with van der Waals surface area (Å²) < 4.78 is 0. The minimum absolute atomic E-state index is 0. The number of hydrogen-bond donors (Lipinski definition) is 1. The van der Waals surface area contributed by atoms with Gasteiger partial charge < -0.3 is 10.2 Å². The minimum Gasteiger partial charge on any atom is -0.335 e. The quantitative estimate of drug-likeness (QED) is 0.897. The molecular weight excluding hydrogens is 320 g/mol. The van der Waals surface area contributed by atoms with Crippen LogP contribution >= 0.6 is 12.4 Å². The molecule has 3 fully saturated rings. The largest absolute Gasteiger partial charge is 0.335 e. The summed E-state index contributed by atoms with van der Waals surface area (Å²) in [5, 5.41) is 3.52. The number of carbonyl (C=O) groups is 1. The van der Waals surface area contributed by atoms with Crippen molar-refractivity contribution in [3.05, 3.63) is 35.9 Å². The number of amides is 1. The predicted octanol–water partition coefficient (Wildman–Crippen LogP) is 3.80. The lowest BCUT2D eigenvalue weighted by molar-refractivity contribution is -0.133. The van der Waals surface area contributed by atoms with Crippen LogP contribution in [-0.2, 0) is 4.79 Å². The van der Waals surface area contributed by atoms with E-state index in [0.717, 1.165) is 38.4 Å². The molecule has 2 saturated heterocycles. The smallest absolute Gasteiger partial charge is 0.223 e. The first-order chi connectivity index (χ1) is 11.3. The Hall–Kier alpha value is -1.06. The summed E-state index contributed by atoms with van der Waals surface area (Å²) in [4.78, 5) is 15.1. The van der Waals surface area contributed by atoms with Crippen LogP contribution in [0.2, 0.25) is 0 Å². The highest BCUT2D eigenvalue weighted by atomic mass is 35.5. The lowest BCUT2D eigenvalue weighted by atomic mass is 9.89. The molecule has 1 amide bonds. The highest BCUT2D eigenvalue weighted by Crippen LogP contribution is 2.43. The maximum absolute atomic E-state index is 12.9. The number of fused-ring (bicyclic) bond motifs is 1. The molecule has 3 nitrogen and oxygen atoms in total. The molecule has 132 valence electrons. The minimum atomic E-state index is 0. The molecule has 4 heteroatoms. The molecule has 0 aromatic heterocycles. The third kappa shape index (κ3) is 3.48. The number of benzene rings is 1. The van der Waals surface area contributed by atoms with Crippen molar-refractivity contribution < 1.29 is 4.79 Å². The van der Waals surface area contributed by atoms with Gasteiger partial charge in [-0.15, -0.1) is 12.4 Å². The molecule has 24 heavy (non-hydrogen) atoms. The Morgan fingerprint density at radius 2 is 1.88 bits per heavy atom. The van der Waals surface area contributed by atoms with Crippen LogP contribution in [0.3, 0.4) is 0 Å². The molecule has 4 rings (SSSR count). The van der Waals surface area contributed by atoms with Crippen molar-refractivity contribution in [2.24, 2.45) is 17.8 Å². The molecule has 3 atom stereocenters. The molecule has 0 unspecified atom stereocenters. The van der Waals surface area contributed by atoms with Crippen molar-refractivity contribution in [2.45, 2.75) is 44.6 Å².